The molecule has 1 aromatic carbocycles. The van der Waals surface area contributed by atoms with E-state index in [2.05, 4.69) is 10.9 Å². The van der Waals surface area contributed by atoms with Gasteiger partial charge in [0.1, 0.15) is 0 Å². The lowest BCUT2D eigenvalue weighted by atomic mass is 9.85. The molecule has 0 amide bonds. The van der Waals surface area contributed by atoms with E-state index < -0.39 is 0 Å². The lowest BCUT2D eigenvalue weighted by Crippen LogP contribution is -2.26. The predicted molar refractivity (Wildman–Crippen MR) is 54.3 cm³/mol. The molecule has 0 spiro atoms. The highest BCUT2D eigenvalue weighted by atomic mass is 16.6. The van der Waals surface area contributed by atoms with E-state index in [1.807, 2.05) is 26.0 Å². The molecule has 14 heavy (non-hydrogen) atoms. The van der Waals surface area contributed by atoms with E-state index in [0.29, 0.717) is 12.2 Å². The van der Waals surface area contributed by atoms with E-state index >= 15 is 0 Å². The summed E-state index contributed by atoms with van der Waals surface area (Å²) in [4.78, 5) is 4.65. The average Bonchev–Trinajstić information content (AvgIpc) is 2.18. The van der Waals surface area contributed by atoms with Crippen molar-refractivity contribution in [2.75, 3.05) is 6.61 Å². The number of benzene rings is 1. The van der Waals surface area contributed by atoms with E-state index in [-0.39, 0.29) is 5.41 Å². The average molecular weight is 190 g/mol. The number of hydrogen-bond acceptors (Lipinski definition) is 3. The number of nitrogens with zero attached hydrogens (tertiary/aromatic N) is 1. The summed E-state index contributed by atoms with van der Waals surface area (Å²) in [5.74, 6) is 5.06. The van der Waals surface area contributed by atoms with Crippen LogP contribution >= 0.6 is 0 Å². The van der Waals surface area contributed by atoms with Gasteiger partial charge in [0.2, 0.25) is 0 Å². The van der Waals surface area contributed by atoms with Crippen molar-refractivity contribution in [1.82, 2.24) is 0 Å². The van der Waals surface area contributed by atoms with Crippen molar-refractivity contribution in [3.63, 3.8) is 0 Å². The summed E-state index contributed by atoms with van der Waals surface area (Å²) < 4.78 is 0. The quantitative estimate of drug-likeness (QED) is 0.738. The SMILES string of the molecule is CC(C)(CON)c1ccc(C#N)cc1. The number of rotatable bonds is 3. The zero-order chi connectivity index (χ0) is 10.6. The fraction of sp³-hybridized carbons (Fsp3) is 0.364. The first-order valence-corrected chi connectivity index (χ1v) is 4.42. The number of nitrogens with two attached hydrogens (primary N) is 1. The van der Waals surface area contributed by atoms with Gasteiger partial charge in [-0.25, -0.2) is 5.90 Å². The molecule has 0 aliphatic rings. The Hall–Kier alpha value is -1.37. The summed E-state index contributed by atoms with van der Waals surface area (Å²) in [5, 5.41) is 8.64. The van der Waals surface area contributed by atoms with Gasteiger partial charge in [0, 0.05) is 5.41 Å². The van der Waals surface area contributed by atoms with E-state index in [1.165, 1.54) is 0 Å². The molecule has 3 nitrogen and oxygen atoms in total. The lowest BCUT2D eigenvalue weighted by Gasteiger charge is -2.23. The van der Waals surface area contributed by atoms with Gasteiger partial charge in [-0.1, -0.05) is 26.0 Å². The monoisotopic (exact) mass is 190 g/mol. The second-order valence-corrected chi connectivity index (χ2v) is 3.88. The molecule has 1 rings (SSSR count). The highest BCUT2D eigenvalue weighted by Crippen LogP contribution is 2.23. The van der Waals surface area contributed by atoms with E-state index in [9.17, 15) is 0 Å². The molecule has 0 fully saturated rings. The predicted octanol–water partition coefficient (Wildman–Crippen LogP) is 1.73. The maximum Gasteiger partial charge on any atom is 0.0991 e. The van der Waals surface area contributed by atoms with Gasteiger partial charge < -0.3 is 4.84 Å². The summed E-state index contributed by atoms with van der Waals surface area (Å²) in [6, 6.07) is 9.54. The van der Waals surface area contributed by atoms with Crippen molar-refractivity contribution in [2.24, 2.45) is 5.90 Å². The van der Waals surface area contributed by atoms with Crippen LogP contribution in [0.3, 0.4) is 0 Å². The van der Waals surface area contributed by atoms with E-state index in [4.69, 9.17) is 11.2 Å². The molecule has 0 aliphatic heterocycles. The molecule has 0 saturated carbocycles. The van der Waals surface area contributed by atoms with Crippen LogP contribution in [-0.2, 0) is 10.3 Å². The highest BCUT2D eigenvalue weighted by molar-refractivity contribution is 5.34. The molecule has 74 valence electrons. The minimum absolute atomic E-state index is 0.122. The van der Waals surface area contributed by atoms with Gasteiger partial charge >= 0.3 is 0 Å². The molecule has 0 aliphatic carbocycles. The van der Waals surface area contributed by atoms with Crippen LogP contribution in [0.1, 0.15) is 25.0 Å². The van der Waals surface area contributed by atoms with Crippen LogP contribution in [0.2, 0.25) is 0 Å². The Bertz CT molecular complexity index is 335. The fourth-order valence-corrected chi connectivity index (χ4v) is 1.29. The first-order valence-electron chi connectivity index (χ1n) is 4.42. The topological polar surface area (TPSA) is 59.0 Å². The van der Waals surface area contributed by atoms with Crippen LogP contribution in [0.5, 0.6) is 0 Å². The molecule has 0 radical (unpaired) electrons. The Kier molecular flexibility index (Phi) is 3.23. The second-order valence-electron chi connectivity index (χ2n) is 3.88. The molecule has 0 aromatic heterocycles. The third-order valence-corrected chi connectivity index (χ3v) is 2.24. The summed E-state index contributed by atoms with van der Waals surface area (Å²) in [6.45, 7) is 4.54. The van der Waals surface area contributed by atoms with Crippen LogP contribution in [0.4, 0.5) is 0 Å². The zero-order valence-electron chi connectivity index (χ0n) is 8.45. The van der Waals surface area contributed by atoms with Crippen molar-refractivity contribution in [3.8, 4) is 6.07 Å². The van der Waals surface area contributed by atoms with E-state index in [0.717, 1.165) is 5.56 Å². The molecule has 0 heterocycles. The molecular weight excluding hydrogens is 176 g/mol. The van der Waals surface area contributed by atoms with Crippen molar-refractivity contribution in [3.05, 3.63) is 35.4 Å². The first-order chi connectivity index (χ1) is 6.60. The van der Waals surface area contributed by atoms with Crippen molar-refractivity contribution < 1.29 is 4.84 Å². The largest absolute Gasteiger partial charge is 0.304 e. The number of nitriles is 1. The first kappa shape index (κ1) is 10.7. The van der Waals surface area contributed by atoms with Crippen LogP contribution in [0, 0.1) is 11.3 Å². The Morgan fingerprint density at radius 3 is 2.36 bits per heavy atom. The molecule has 2 N–H and O–H groups in total. The Balaban J connectivity index is 2.92. The highest BCUT2D eigenvalue weighted by Gasteiger charge is 2.20. The Morgan fingerprint density at radius 1 is 1.36 bits per heavy atom. The van der Waals surface area contributed by atoms with Gasteiger partial charge in [-0.15, -0.1) is 0 Å². The van der Waals surface area contributed by atoms with Crippen LogP contribution in [0.25, 0.3) is 0 Å². The second kappa shape index (κ2) is 4.23. The summed E-state index contributed by atoms with van der Waals surface area (Å²) in [5.41, 5.74) is 1.66. The fourth-order valence-electron chi connectivity index (χ4n) is 1.29. The van der Waals surface area contributed by atoms with Crippen molar-refractivity contribution in [1.29, 1.82) is 5.26 Å². The minimum atomic E-state index is -0.122. The third kappa shape index (κ3) is 2.32. The van der Waals surface area contributed by atoms with Crippen LogP contribution in [0.15, 0.2) is 24.3 Å². The summed E-state index contributed by atoms with van der Waals surface area (Å²) in [6.07, 6.45) is 0. The van der Waals surface area contributed by atoms with Gasteiger partial charge in [-0.2, -0.15) is 5.26 Å². The third-order valence-electron chi connectivity index (χ3n) is 2.24. The van der Waals surface area contributed by atoms with Crippen LogP contribution < -0.4 is 5.90 Å². The maximum atomic E-state index is 8.64. The smallest absolute Gasteiger partial charge is 0.0991 e. The Morgan fingerprint density at radius 2 is 1.93 bits per heavy atom. The standard InChI is InChI=1S/C11H14N2O/c1-11(2,8-14-13)10-5-3-9(7-12)4-6-10/h3-6H,8,13H2,1-2H3. The molecular formula is C11H14N2O. The van der Waals surface area contributed by atoms with Gasteiger partial charge in [0.15, 0.2) is 0 Å². The van der Waals surface area contributed by atoms with Gasteiger partial charge in [0.25, 0.3) is 0 Å². The summed E-state index contributed by atoms with van der Waals surface area (Å²) >= 11 is 0. The zero-order valence-corrected chi connectivity index (χ0v) is 8.45. The van der Waals surface area contributed by atoms with Gasteiger partial charge in [-0.05, 0) is 17.7 Å². The molecule has 0 bridgehead atoms. The van der Waals surface area contributed by atoms with E-state index in [1.54, 1.807) is 12.1 Å². The molecule has 3 heteroatoms. The molecule has 0 saturated heterocycles. The van der Waals surface area contributed by atoms with Gasteiger partial charge in [-0.3, -0.25) is 0 Å². The van der Waals surface area contributed by atoms with Crippen molar-refractivity contribution in [2.45, 2.75) is 19.3 Å². The minimum Gasteiger partial charge on any atom is -0.304 e. The maximum absolute atomic E-state index is 8.64. The molecule has 1 aromatic rings. The Labute approximate surface area is 84.1 Å². The lowest BCUT2D eigenvalue weighted by molar-refractivity contribution is 0.0964. The van der Waals surface area contributed by atoms with Crippen LogP contribution in [-0.4, -0.2) is 6.61 Å². The molecule has 0 unspecified atom stereocenters. The normalized spacial score (nSPS) is 11.0. The number of hydrogen-bond donors (Lipinski definition) is 1. The molecule has 0 atom stereocenters. The summed E-state index contributed by atoms with van der Waals surface area (Å²) in [7, 11) is 0. The van der Waals surface area contributed by atoms with Gasteiger partial charge in [0.05, 0.1) is 18.2 Å². The van der Waals surface area contributed by atoms with Crippen molar-refractivity contribution >= 4 is 0 Å².